The Hall–Kier alpha value is -3.75. The van der Waals surface area contributed by atoms with E-state index < -0.39 is 0 Å². The lowest BCUT2D eigenvalue weighted by molar-refractivity contribution is -0.127. The summed E-state index contributed by atoms with van der Waals surface area (Å²) in [7, 11) is 1.92. The summed E-state index contributed by atoms with van der Waals surface area (Å²) in [6.07, 6.45) is 3.35. The van der Waals surface area contributed by atoms with Crippen LogP contribution in [0.25, 0.3) is 22.6 Å². The Balaban J connectivity index is 1.59. The number of aromatic nitrogens is 6. The summed E-state index contributed by atoms with van der Waals surface area (Å²) in [5.41, 5.74) is 5.17. The van der Waals surface area contributed by atoms with E-state index in [1.165, 1.54) is 0 Å². The van der Waals surface area contributed by atoms with E-state index in [-0.39, 0.29) is 5.91 Å². The SMILES string of the molecule is Cc1nn(C)c(C)c1-c1nc(Nc2ccccc2)c2ncn(CCN3CCCC3=O)c2n1. The third-order valence-corrected chi connectivity index (χ3v) is 6.02. The average molecular weight is 431 g/mol. The highest BCUT2D eigenvalue weighted by molar-refractivity contribution is 5.87. The second-order valence-corrected chi connectivity index (χ2v) is 8.15. The number of para-hydroxylation sites is 1. The molecule has 0 spiro atoms. The predicted molar refractivity (Wildman–Crippen MR) is 123 cm³/mol. The number of fused-ring (bicyclic) bond motifs is 1. The standard InChI is InChI=1S/C23H26N8O/c1-15-19(16(2)29(3)28-15)21-26-22(25-17-8-5-4-6-9-17)20-23(27-21)31(14-24-20)13-12-30-11-7-10-18(30)32/h4-6,8-9,14H,7,10-13H2,1-3H3,(H,25,26,27). The number of hydrogen-bond donors (Lipinski definition) is 1. The maximum Gasteiger partial charge on any atom is 0.222 e. The normalized spacial score (nSPS) is 14.0. The van der Waals surface area contributed by atoms with Crippen LogP contribution in [-0.4, -0.2) is 53.2 Å². The zero-order chi connectivity index (χ0) is 22.2. The van der Waals surface area contributed by atoms with Gasteiger partial charge in [0.1, 0.15) is 0 Å². The maximum absolute atomic E-state index is 12.0. The summed E-state index contributed by atoms with van der Waals surface area (Å²) in [6.45, 7) is 6.09. The molecular weight excluding hydrogens is 404 g/mol. The first-order valence-electron chi connectivity index (χ1n) is 10.8. The Morgan fingerprint density at radius 3 is 2.59 bits per heavy atom. The van der Waals surface area contributed by atoms with E-state index in [1.807, 2.05) is 65.4 Å². The summed E-state index contributed by atoms with van der Waals surface area (Å²) < 4.78 is 3.85. The zero-order valence-corrected chi connectivity index (χ0v) is 18.5. The Kier molecular flexibility index (Phi) is 5.08. The number of hydrogen-bond acceptors (Lipinski definition) is 6. The quantitative estimate of drug-likeness (QED) is 0.505. The van der Waals surface area contributed by atoms with Crippen molar-refractivity contribution in [3.05, 3.63) is 48.0 Å². The van der Waals surface area contributed by atoms with Crippen LogP contribution in [0.5, 0.6) is 0 Å². The molecule has 3 aromatic heterocycles. The fourth-order valence-corrected chi connectivity index (χ4v) is 4.23. The number of anilines is 2. The van der Waals surface area contributed by atoms with Crippen molar-refractivity contribution in [1.29, 1.82) is 0 Å². The predicted octanol–water partition coefficient (Wildman–Crippen LogP) is 3.21. The van der Waals surface area contributed by atoms with Gasteiger partial charge in [0.25, 0.3) is 0 Å². The van der Waals surface area contributed by atoms with Crippen LogP contribution in [-0.2, 0) is 18.4 Å². The minimum Gasteiger partial charge on any atom is -0.341 e. The second-order valence-electron chi connectivity index (χ2n) is 8.15. The van der Waals surface area contributed by atoms with Crippen LogP contribution >= 0.6 is 0 Å². The van der Waals surface area contributed by atoms with Gasteiger partial charge in [-0.2, -0.15) is 5.10 Å². The van der Waals surface area contributed by atoms with Crippen molar-refractivity contribution in [2.45, 2.75) is 33.2 Å². The van der Waals surface area contributed by atoms with Gasteiger partial charge in [-0.05, 0) is 32.4 Å². The summed E-state index contributed by atoms with van der Waals surface area (Å²) in [5.74, 6) is 1.48. The number of carbonyl (C=O) groups is 1. The number of likely N-dealkylation sites (tertiary alicyclic amines) is 1. The van der Waals surface area contributed by atoms with Crippen LogP contribution in [0.4, 0.5) is 11.5 Å². The van der Waals surface area contributed by atoms with Gasteiger partial charge >= 0.3 is 0 Å². The number of carbonyl (C=O) groups excluding carboxylic acids is 1. The molecule has 0 aliphatic carbocycles. The molecule has 1 N–H and O–H groups in total. The second kappa shape index (κ2) is 8.07. The van der Waals surface area contributed by atoms with Gasteiger partial charge in [0.15, 0.2) is 22.8 Å². The van der Waals surface area contributed by atoms with Crippen LogP contribution in [0.1, 0.15) is 24.2 Å². The van der Waals surface area contributed by atoms with Crippen LogP contribution in [0.2, 0.25) is 0 Å². The molecule has 1 aliphatic heterocycles. The van der Waals surface area contributed by atoms with Crippen molar-refractivity contribution in [1.82, 2.24) is 34.2 Å². The van der Waals surface area contributed by atoms with E-state index in [4.69, 9.17) is 9.97 Å². The number of amides is 1. The third kappa shape index (κ3) is 3.59. The monoisotopic (exact) mass is 430 g/mol. The molecule has 1 saturated heterocycles. The maximum atomic E-state index is 12.0. The van der Waals surface area contributed by atoms with Crippen molar-refractivity contribution in [2.24, 2.45) is 7.05 Å². The van der Waals surface area contributed by atoms with Crippen molar-refractivity contribution < 1.29 is 4.79 Å². The minimum atomic E-state index is 0.220. The lowest BCUT2D eigenvalue weighted by Gasteiger charge is -2.16. The topological polar surface area (TPSA) is 93.8 Å². The highest BCUT2D eigenvalue weighted by atomic mass is 16.2. The van der Waals surface area contributed by atoms with E-state index in [1.54, 1.807) is 6.33 Å². The fraction of sp³-hybridized carbons (Fsp3) is 0.348. The Bertz CT molecular complexity index is 1290. The molecule has 4 aromatic rings. The molecule has 1 aliphatic rings. The van der Waals surface area contributed by atoms with Crippen LogP contribution < -0.4 is 5.32 Å². The van der Waals surface area contributed by atoms with Gasteiger partial charge in [-0.1, -0.05) is 18.2 Å². The Labute approximate surface area is 186 Å². The summed E-state index contributed by atoms with van der Waals surface area (Å²) >= 11 is 0. The van der Waals surface area contributed by atoms with Crippen LogP contribution in [0.15, 0.2) is 36.7 Å². The molecule has 0 saturated carbocycles. The molecule has 0 unspecified atom stereocenters. The van der Waals surface area contributed by atoms with Crippen molar-refractivity contribution in [3.63, 3.8) is 0 Å². The highest BCUT2D eigenvalue weighted by Crippen LogP contribution is 2.29. The van der Waals surface area contributed by atoms with E-state index >= 15 is 0 Å². The summed E-state index contributed by atoms with van der Waals surface area (Å²) in [4.78, 5) is 28.3. The van der Waals surface area contributed by atoms with Crippen molar-refractivity contribution in [2.75, 3.05) is 18.4 Å². The minimum absolute atomic E-state index is 0.220. The van der Waals surface area contributed by atoms with Crippen molar-refractivity contribution >= 4 is 28.6 Å². The smallest absolute Gasteiger partial charge is 0.222 e. The lowest BCUT2D eigenvalue weighted by atomic mass is 10.2. The lowest BCUT2D eigenvalue weighted by Crippen LogP contribution is -2.28. The zero-order valence-electron chi connectivity index (χ0n) is 18.5. The Morgan fingerprint density at radius 1 is 1.09 bits per heavy atom. The number of nitrogens with one attached hydrogen (secondary N) is 1. The third-order valence-electron chi connectivity index (χ3n) is 6.02. The highest BCUT2D eigenvalue weighted by Gasteiger charge is 2.22. The summed E-state index contributed by atoms with van der Waals surface area (Å²) in [6, 6.07) is 9.91. The van der Waals surface area contributed by atoms with E-state index in [0.717, 1.165) is 41.3 Å². The molecule has 1 amide bonds. The molecule has 164 valence electrons. The molecule has 5 rings (SSSR count). The molecule has 0 bridgehead atoms. The molecule has 0 atom stereocenters. The largest absolute Gasteiger partial charge is 0.341 e. The molecule has 32 heavy (non-hydrogen) atoms. The van der Waals surface area contributed by atoms with Gasteiger partial charge < -0.3 is 14.8 Å². The van der Waals surface area contributed by atoms with Gasteiger partial charge in [0.05, 0.1) is 17.6 Å². The molecule has 4 heterocycles. The molecular formula is C23H26N8O. The summed E-state index contributed by atoms with van der Waals surface area (Å²) in [5, 5.41) is 7.94. The molecule has 9 heteroatoms. The average Bonchev–Trinajstić information content (AvgIpc) is 3.45. The van der Waals surface area contributed by atoms with Gasteiger partial charge in [0.2, 0.25) is 5.91 Å². The number of imidazole rings is 1. The van der Waals surface area contributed by atoms with Gasteiger partial charge in [-0.3, -0.25) is 9.48 Å². The van der Waals surface area contributed by atoms with Crippen LogP contribution in [0, 0.1) is 13.8 Å². The number of aryl methyl sites for hydroxylation is 2. The first-order chi connectivity index (χ1) is 15.5. The van der Waals surface area contributed by atoms with Gasteiger partial charge in [0, 0.05) is 44.5 Å². The number of benzene rings is 1. The fourth-order valence-electron chi connectivity index (χ4n) is 4.23. The number of rotatable bonds is 6. The van der Waals surface area contributed by atoms with Crippen LogP contribution in [0.3, 0.4) is 0 Å². The van der Waals surface area contributed by atoms with E-state index in [9.17, 15) is 4.79 Å². The molecule has 0 radical (unpaired) electrons. The first-order valence-corrected chi connectivity index (χ1v) is 10.8. The first kappa shape index (κ1) is 20.2. The van der Waals surface area contributed by atoms with Gasteiger partial charge in [-0.25, -0.2) is 15.0 Å². The van der Waals surface area contributed by atoms with Crippen molar-refractivity contribution in [3.8, 4) is 11.4 Å². The Morgan fingerprint density at radius 2 is 1.91 bits per heavy atom. The molecule has 9 nitrogen and oxygen atoms in total. The molecule has 1 aromatic carbocycles. The number of nitrogens with zero attached hydrogens (tertiary/aromatic N) is 7. The van der Waals surface area contributed by atoms with E-state index in [0.29, 0.717) is 36.7 Å². The van der Waals surface area contributed by atoms with Gasteiger partial charge in [-0.15, -0.1) is 0 Å². The van der Waals surface area contributed by atoms with E-state index in [2.05, 4.69) is 15.4 Å². The molecule has 1 fully saturated rings.